The van der Waals surface area contributed by atoms with Gasteiger partial charge in [0.1, 0.15) is 0 Å². The van der Waals surface area contributed by atoms with E-state index in [9.17, 15) is 4.79 Å². The minimum atomic E-state index is 0.0809. The van der Waals surface area contributed by atoms with Crippen molar-refractivity contribution in [2.75, 3.05) is 7.11 Å². The average molecular weight is 304 g/mol. The Morgan fingerprint density at radius 1 is 1.05 bits per heavy atom. The fourth-order valence-corrected chi connectivity index (χ4v) is 7.25. The Hall–Kier alpha value is -0.530. The van der Waals surface area contributed by atoms with Gasteiger partial charge in [-0.25, -0.2) is 0 Å². The normalized spacial score (nSPS) is 48.7. The van der Waals surface area contributed by atoms with Crippen molar-refractivity contribution >= 4 is 5.97 Å². The predicted octanol–water partition coefficient (Wildman–Crippen LogP) is 4.53. The van der Waals surface area contributed by atoms with Gasteiger partial charge in [0.2, 0.25) is 0 Å². The molecule has 4 aliphatic carbocycles. The highest BCUT2D eigenvalue weighted by Crippen LogP contribution is 2.71. The molecule has 4 rings (SSSR count). The Labute approximate surface area is 135 Å². The molecular weight excluding hydrogens is 272 g/mol. The van der Waals surface area contributed by atoms with Gasteiger partial charge in [0.15, 0.2) is 0 Å². The number of hydrogen-bond acceptors (Lipinski definition) is 2. The third kappa shape index (κ3) is 2.01. The van der Waals surface area contributed by atoms with Crippen LogP contribution in [0, 0.1) is 52.8 Å². The molecule has 0 amide bonds. The van der Waals surface area contributed by atoms with Crippen LogP contribution in [0.15, 0.2) is 0 Å². The Balaban J connectivity index is 1.49. The maximum Gasteiger partial charge on any atom is 0.308 e. The van der Waals surface area contributed by atoms with E-state index in [1.54, 1.807) is 7.11 Å². The van der Waals surface area contributed by atoms with Crippen LogP contribution in [0.4, 0.5) is 0 Å². The molecule has 4 fully saturated rings. The zero-order valence-electron chi connectivity index (χ0n) is 14.7. The molecule has 4 aliphatic rings. The van der Waals surface area contributed by atoms with Crippen LogP contribution in [-0.4, -0.2) is 13.1 Å². The number of rotatable bonds is 4. The summed E-state index contributed by atoms with van der Waals surface area (Å²) in [7, 11) is 1.56. The maximum absolute atomic E-state index is 12.1. The van der Waals surface area contributed by atoms with Crippen molar-refractivity contribution in [3.63, 3.8) is 0 Å². The predicted molar refractivity (Wildman–Crippen MR) is 87.1 cm³/mol. The van der Waals surface area contributed by atoms with Crippen LogP contribution in [0.3, 0.4) is 0 Å². The van der Waals surface area contributed by atoms with Crippen LogP contribution in [0.2, 0.25) is 0 Å². The van der Waals surface area contributed by atoms with Crippen molar-refractivity contribution in [3.05, 3.63) is 0 Å². The molecule has 0 aromatic rings. The van der Waals surface area contributed by atoms with E-state index in [2.05, 4.69) is 20.8 Å². The third-order valence-corrected chi connectivity index (χ3v) is 8.23. The van der Waals surface area contributed by atoms with Crippen molar-refractivity contribution in [2.45, 2.75) is 59.3 Å². The van der Waals surface area contributed by atoms with Crippen molar-refractivity contribution < 1.29 is 9.53 Å². The summed E-state index contributed by atoms with van der Waals surface area (Å²) in [5, 5.41) is 0. The third-order valence-electron chi connectivity index (χ3n) is 8.23. The minimum absolute atomic E-state index is 0.0809. The van der Waals surface area contributed by atoms with Gasteiger partial charge in [0.25, 0.3) is 0 Å². The molecule has 0 heterocycles. The van der Waals surface area contributed by atoms with E-state index in [-0.39, 0.29) is 11.9 Å². The number of fused-ring (bicyclic) bond motifs is 9. The number of hydrogen-bond donors (Lipinski definition) is 0. The number of ether oxygens (including phenoxy) is 1. The van der Waals surface area contributed by atoms with Crippen LogP contribution in [0.1, 0.15) is 59.3 Å². The molecule has 8 unspecified atom stereocenters. The summed E-state index contributed by atoms with van der Waals surface area (Å²) in [6, 6.07) is 0. The largest absolute Gasteiger partial charge is 0.469 e. The van der Waals surface area contributed by atoms with Crippen LogP contribution in [0.25, 0.3) is 0 Å². The monoisotopic (exact) mass is 304 g/mol. The highest BCUT2D eigenvalue weighted by Gasteiger charge is 2.65. The van der Waals surface area contributed by atoms with E-state index in [0.717, 1.165) is 41.9 Å². The molecule has 0 N–H and O–H groups in total. The van der Waals surface area contributed by atoms with E-state index >= 15 is 0 Å². The topological polar surface area (TPSA) is 26.3 Å². The summed E-state index contributed by atoms with van der Waals surface area (Å²) in [6.07, 6.45) is 8.10. The Morgan fingerprint density at radius 2 is 1.68 bits per heavy atom. The van der Waals surface area contributed by atoms with Gasteiger partial charge in [-0.3, -0.25) is 4.79 Å². The molecule has 2 nitrogen and oxygen atoms in total. The second-order valence-electron chi connectivity index (χ2n) is 9.56. The van der Waals surface area contributed by atoms with Gasteiger partial charge in [0.05, 0.1) is 13.0 Å². The molecule has 4 bridgehead atoms. The minimum Gasteiger partial charge on any atom is -0.469 e. The zero-order valence-corrected chi connectivity index (χ0v) is 14.7. The Kier molecular flexibility index (Phi) is 3.40. The molecule has 0 aromatic heterocycles. The van der Waals surface area contributed by atoms with Gasteiger partial charge in [-0.1, -0.05) is 27.2 Å². The number of carbonyl (C=O) groups is 1. The van der Waals surface area contributed by atoms with E-state index in [1.807, 2.05) is 0 Å². The molecule has 4 saturated carbocycles. The molecule has 0 saturated heterocycles. The summed E-state index contributed by atoms with van der Waals surface area (Å²) in [6.45, 7) is 7.24. The second-order valence-corrected chi connectivity index (χ2v) is 9.56. The highest BCUT2D eigenvalue weighted by atomic mass is 16.5. The summed E-state index contributed by atoms with van der Waals surface area (Å²) < 4.78 is 5.08. The highest BCUT2D eigenvalue weighted by molar-refractivity contribution is 5.73. The zero-order chi connectivity index (χ0) is 15.6. The molecule has 22 heavy (non-hydrogen) atoms. The summed E-state index contributed by atoms with van der Waals surface area (Å²) in [5.41, 5.74) is 0.511. The van der Waals surface area contributed by atoms with Gasteiger partial charge in [-0.2, -0.15) is 0 Å². The lowest BCUT2D eigenvalue weighted by Crippen LogP contribution is -2.39. The first-order valence-electron chi connectivity index (χ1n) is 9.53. The smallest absolute Gasteiger partial charge is 0.308 e. The molecule has 124 valence electrons. The summed E-state index contributed by atoms with van der Waals surface area (Å²) in [5.74, 6) is 6.52. The van der Waals surface area contributed by atoms with Crippen LogP contribution in [0.5, 0.6) is 0 Å². The lowest BCUT2D eigenvalue weighted by atomic mass is 9.62. The number of carbonyl (C=O) groups excluding carboxylic acids is 1. The fraction of sp³-hybridized carbons (Fsp3) is 0.950. The first kappa shape index (κ1) is 15.0. The van der Waals surface area contributed by atoms with Crippen molar-refractivity contribution in [3.8, 4) is 0 Å². The molecule has 8 atom stereocenters. The van der Waals surface area contributed by atoms with Gasteiger partial charge < -0.3 is 4.74 Å². The van der Waals surface area contributed by atoms with Crippen LogP contribution < -0.4 is 0 Å². The molecule has 0 aromatic carbocycles. The molecule has 0 spiro atoms. The maximum atomic E-state index is 12.1. The lowest BCUT2D eigenvalue weighted by molar-refractivity contribution is -0.149. The molecule has 0 aliphatic heterocycles. The summed E-state index contributed by atoms with van der Waals surface area (Å²) in [4.78, 5) is 12.1. The SMILES string of the molecule is CCC(C)(C)CC1CC2CC1C1C3CC(C(=O)OC)C(C3)C21. The first-order valence-corrected chi connectivity index (χ1v) is 9.53. The molecular formula is C20H32O2. The number of esters is 1. The standard InChI is InChI=1S/C20H32O2/c1-5-20(2,3)10-13-6-11-7-14(13)17-12-8-15(18(11)17)16(9-12)19(21)22-4/h11-18H,5-10H2,1-4H3. The van der Waals surface area contributed by atoms with Gasteiger partial charge in [0, 0.05) is 0 Å². The summed E-state index contributed by atoms with van der Waals surface area (Å²) >= 11 is 0. The van der Waals surface area contributed by atoms with Crippen molar-refractivity contribution in [1.82, 2.24) is 0 Å². The Bertz CT molecular complexity index is 468. The van der Waals surface area contributed by atoms with Crippen LogP contribution in [-0.2, 0) is 9.53 Å². The number of methoxy groups -OCH3 is 1. The van der Waals surface area contributed by atoms with Gasteiger partial charge >= 0.3 is 5.97 Å². The van der Waals surface area contributed by atoms with E-state index in [1.165, 1.54) is 32.1 Å². The average Bonchev–Trinajstić information content (AvgIpc) is 3.22. The van der Waals surface area contributed by atoms with E-state index < -0.39 is 0 Å². The van der Waals surface area contributed by atoms with Crippen molar-refractivity contribution in [1.29, 1.82) is 0 Å². The Morgan fingerprint density at radius 3 is 2.36 bits per heavy atom. The lowest BCUT2D eigenvalue weighted by Gasteiger charge is -2.42. The van der Waals surface area contributed by atoms with Crippen molar-refractivity contribution in [2.24, 2.45) is 52.8 Å². The van der Waals surface area contributed by atoms with E-state index in [0.29, 0.717) is 11.3 Å². The molecule has 2 heteroatoms. The second kappa shape index (κ2) is 4.98. The van der Waals surface area contributed by atoms with Crippen LogP contribution >= 0.6 is 0 Å². The quantitative estimate of drug-likeness (QED) is 0.563. The van der Waals surface area contributed by atoms with E-state index in [4.69, 9.17) is 4.74 Å². The van der Waals surface area contributed by atoms with Gasteiger partial charge in [-0.05, 0) is 78.9 Å². The first-order chi connectivity index (χ1) is 10.4. The van der Waals surface area contributed by atoms with Gasteiger partial charge in [-0.15, -0.1) is 0 Å². The fourth-order valence-electron chi connectivity index (χ4n) is 7.25. The molecule has 0 radical (unpaired) electrons.